The molecule has 172 valence electrons. The van der Waals surface area contributed by atoms with Crippen molar-refractivity contribution in [2.75, 3.05) is 7.11 Å². The molecule has 0 aliphatic rings. The second-order valence-corrected chi connectivity index (χ2v) is 9.88. The topological polar surface area (TPSA) is 59.9 Å². The van der Waals surface area contributed by atoms with Crippen LogP contribution in [0.2, 0.25) is 0 Å². The number of carbonyl (C=O) groups is 1. The summed E-state index contributed by atoms with van der Waals surface area (Å²) in [6, 6.07) is 25.9. The van der Waals surface area contributed by atoms with Gasteiger partial charge in [-0.3, -0.25) is 4.79 Å². The number of nitrogens with one attached hydrogen (secondary N) is 1. The molecule has 4 aromatic rings. The van der Waals surface area contributed by atoms with Crippen LogP contribution >= 0.6 is 45.2 Å². The lowest BCUT2D eigenvalue weighted by molar-refractivity contribution is -0.120. The lowest BCUT2D eigenvalue weighted by atomic mass is 10.1. The highest BCUT2D eigenvalue weighted by atomic mass is 127. The third kappa shape index (κ3) is 6.26. The Hall–Kier alpha value is -2.66. The molecule has 1 amide bonds. The Balaban J connectivity index is 1.37. The highest BCUT2D eigenvalue weighted by Crippen LogP contribution is 2.30. The maximum atomic E-state index is 12.2. The first-order chi connectivity index (χ1) is 16.5. The molecule has 0 unspecified atom stereocenters. The van der Waals surface area contributed by atoms with Crippen molar-refractivity contribution in [1.82, 2.24) is 5.43 Å². The maximum Gasteiger partial charge on any atom is 0.244 e. The fraction of sp³-hybridized carbons (Fsp3) is 0.111. The van der Waals surface area contributed by atoms with Crippen molar-refractivity contribution in [3.05, 3.63) is 103 Å². The summed E-state index contributed by atoms with van der Waals surface area (Å²) in [5.74, 6) is 1.42. The fourth-order valence-corrected chi connectivity index (χ4v) is 5.64. The van der Waals surface area contributed by atoms with Gasteiger partial charge < -0.3 is 9.47 Å². The largest absolute Gasteiger partial charge is 0.497 e. The minimum atomic E-state index is -0.180. The molecule has 0 bridgehead atoms. The summed E-state index contributed by atoms with van der Waals surface area (Å²) in [5.41, 5.74) is 5.52. The molecule has 0 saturated heterocycles. The van der Waals surface area contributed by atoms with E-state index in [-0.39, 0.29) is 12.3 Å². The number of hydrazone groups is 1. The average molecular weight is 676 g/mol. The number of ether oxygens (including phenoxy) is 2. The van der Waals surface area contributed by atoms with Crippen molar-refractivity contribution in [2.45, 2.75) is 13.0 Å². The van der Waals surface area contributed by atoms with E-state index in [0.29, 0.717) is 6.61 Å². The van der Waals surface area contributed by atoms with Crippen LogP contribution in [0, 0.1) is 7.14 Å². The van der Waals surface area contributed by atoms with E-state index in [4.69, 9.17) is 9.47 Å². The van der Waals surface area contributed by atoms with Gasteiger partial charge >= 0.3 is 0 Å². The fourth-order valence-electron chi connectivity index (χ4n) is 3.51. The molecule has 7 heteroatoms. The predicted molar refractivity (Wildman–Crippen MR) is 153 cm³/mol. The van der Waals surface area contributed by atoms with Gasteiger partial charge in [-0.05, 0) is 96.9 Å². The summed E-state index contributed by atoms with van der Waals surface area (Å²) < 4.78 is 13.3. The second-order valence-electron chi connectivity index (χ2n) is 7.56. The first-order valence-corrected chi connectivity index (χ1v) is 12.7. The van der Waals surface area contributed by atoms with Gasteiger partial charge in [0.1, 0.15) is 18.1 Å². The van der Waals surface area contributed by atoms with Gasteiger partial charge in [-0.2, -0.15) is 5.10 Å². The first kappa shape index (κ1) is 24.5. The van der Waals surface area contributed by atoms with Crippen LogP contribution < -0.4 is 14.9 Å². The third-order valence-corrected chi connectivity index (χ3v) is 6.80. The molecule has 4 rings (SSSR count). The summed E-state index contributed by atoms with van der Waals surface area (Å²) in [6.45, 7) is 0.488. The van der Waals surface area contributed by atoms with Crippen LogP contribution in [0.25, 0.3) is 10.8 Å². The van der Waals surface area contributed by atoms with Crippen LogP contribution in [0.15, 0.2) is 84.0 Å². The minimum Gasteiger partial charge on any atom is -0.497 e. The summed E-state index contributed by atoms with van der Waals surface area (Å²) in [7, 11) is 1.61. The van der Waals surface area contributed by atoms with E-state index < -0.39 is 0 Å². The van der Waals surface area contributed by atoms with Crippen molar-refractivity contribution < 1.29 is 14.3 Å². The molecule has 5 nitrogen and oxygen atoms in total. The molecule has 0 aromatic heterocycles. The summed E-state index contributed by atoms with van der Waals surface area (Å²) in [5, 5.41) is 6.52. The van der Waals surface area contributed by atoms with E-state index in [0.717, 1.165) is 35.3 Å². The molecule has 0 aliphatic carbocycles. The second kappa shape index (κ2) is 11.7. The molecule has 0 heterocycles. The van der Waals surface area contributed by atoms with Crippen molar-refractivity contribution in [3.63, 3.8) is 0 Å². The molecule has 0 saturated carbocycles. The quantitative estimate of drug-likeness (QED) is 0.135. The minimum absolute atomic E-state index is 0.180. The number of halogens is 2. The summed E-state index contributed by atoms with van der Waals surface area (Å²) >= 11 is 4.54. The average Bonchev–Trinajstić information content (AvgIpc) is 2.84. The molecule has 34 heavy (non-hydrogen) atoms. The van der Waals surface area contributed by atoms with Gasteiger partial charge in [0.05, 0.1) is 26.9 Å². The van der Waals surface area contributed by atoms with Crippen molar-refractivity contribution in [3.8, 4) is 11.5 Å². The van der Waals surface area contributed by atoms with Gasteiger partial charge in [0.2, 0.25) is 5.91 Å². The van der Waals surface area contributed by atoms with Gasteiger partial charge in [-0.1, -0.05) is 54.6 Å². The Labute approximate surface area is 225 Å². The smallest absolute Gasteiger partial charge is 0.244 e. The number of hydrogen-bond acceptors (Lipinski definition) is 4. The third-order valence-electron chi connectivity index (χ3n) is 5.20. The molecule has 0 aliphatic heterocycles. The van der Waals surface area contributed by atoms with Gasteiger partial charge in [-0.15, -0.1) is 0 Å². The molecule has 1 N–H and O–H groups in total. The van der Waals surface area contributed by atoms with Crippen LogP contribution in [-0.2, 0) is 17.8 Å². The van der Waals surface area contributed by atoms with Gasteiger partial charge in [0.15, 0.2) is 0 Å². The van der Waals surface area contributed by atoms with Crippen LogP contribution in [-0.4, -0.2) is 19.2 Å². The van der Waals surface area contributed by atoms with Crippen LogP contribution in [0.4, 0.5) is 0 Å². The molecular formula is C27H22I2N2O3. The van der Waals surface area contributed by atoms with Crippen molar-refractivity contribution >= 4 is 68.1 Å². The number of methoxy groups -OCH3 is 1. The lowest BCUT2D eigenvalue weighted by Crippen LogP contribution is -2.19. The highest BCUT2D eigenvalue weighted by Gasteiger charge is 2.10. The van der Waals surface area contributed by atoms with E-state index in [9.17, 15) is 4.79 Å². The van der Waals surface area contributed by atoms with E-state index in [2.05, 4.69) is 86.0 Å². The number of carbonyl (C=O) groups excluding carboxylic acids is 1. The van der Waals surface area contributed by atoms with E-state index in [1.165, 1.54) is 10.8 Å². The number of rotatable bonds is 8. The van der Waals surface area contributed by atoms with Gasteiger partial charge in [0.25, 0.3) is 0 Å². The predicted octanol–water partition coefficient (Wildman–Crippen LogP) is 6.33. The number of amides is 1. The van der Waals surface area contributed by atoms with Crippen LogP contribution in [0.5, 0.6) is 11.5 Å². The summed E-state index contributed by atoms with van der Waals surface area (Å²) in [4.78, 5) is 12.2. The number of hydrogen-bond donors (Lipinski definition) is 1. The zero-order valence-corrected chi connectivity index (χ0v) is 22.7. The SMILES string of the molecule is COc1ccc(CC(=O)N/N=C\c2cc(I)c(OCc3cccc4ccccc34)c(I)c2)cc1. The number of benzene rings is 4. The number of fused-ring (bicyclic) bond motifs is 1. The summed E-state index contributed by atoms with van der Waals surface area (Å²) in [6.07, 6.45) is 1.89. The lowest BCUT2D eigenvalue weighted by Gasteiger charge is -2.13. The standard InChI is InChI=1S/C27H22I2N2O3/c1-33-22-11-9-18(10-12-22)15-26(32)31-30-16-19-13-24(28)27(25(29)14-19)34-17-21-7-4-6-20-5-2-3-8-23(20)21/h2-14,16H,15,17H2,1H3,(H,31,32)/b30-16-. The van der Waals surface area contributed by atoms with Crippen molar-refractivity contribution in [1.29, 1.82) is 0 Å². The highest BCUT2D eigenvalue weighted by molar-refractivity contribution is 14.1. The molecule has 0 atom stereocenters. The number of nitrogens with zero attached hydrogens (tertiary/aromatic N) is 1. The molecule has 4 aromatic carbocycles. The normalized spacial score (nSPS) is 11.0. The van der Waals surface area contributed by atoms with E-state index >= 15 is 0 Å². The Kier molecular flexibility index (Phi) is 8.39. The van der Waals surface area contributed by atoms with E-state index in [1.54, 1.807) is 13.3 Å². The van der Waals surface area contributed by atoms with E-state index in [1.807, 2.05) is 48.5 Å². The van der Waals surface area contributed by atoms with Crippen LogP contribution in [0.1, 0.15) is 16.7 Å². The van der Waals surface area contributed by atoms with Crippen LogP contribution in [0.3, 0.4) is 0 Å². The van der Waals surface area contributed by atoms with Gasteiger partial charge in [0, 0.05) is 0 Å². The Morgan fingerprint density at radius 3 is 2.41 bits per heavy atom. The van der Waals surface area contributed by atoms with Crippen molar-refractivity contribution in [2.24, 2.45) is 5.10 Å². The molecule has 0 radical (unpaired) electrons. The zero-order chi connectivity index (χ0) is 23.9. The molecule has 0 fully saturated rings. The first-order valence-electron chi connectivity index (χ1n) is 10.6. The zero-order valence-electron chi connectivity index (χ0n) is 18.4. The van der Waals surface area contributed by atoms with Gasteiger partial charge in [-0.25, -0.2) is 5.43 Å². The Morgan fingerprint density at radius 1 is 0.971 bits per heavy atom. The monoisotopic (exact) mass is 676 g/mol. The molecule has 0 spiro atoms. The Bertz CT molecular complexity index is 1310. The Morgan fingerprint density at radius 2 is 1.68 bits per heavy atom. The maximum absolute atomic E-state index is 12.2. The molecular weight excluding hydrogens is 654 g/mol.